The Labute approximate surface area is 122 Å². The summed E-state index contributed by atoms with van der Waals surface area (Å²) in [5, 5.41) is 3.76. The SMILES string of the molecule is O=C(CCCC[C@@H]1CCSS1)NCc1cccnc1. The van der Waals surface area contributed by atoms with E-state index in [-0.39, 0.29) is 5.91 Å². The van der Waals surface area contributed by atoms with Gasteiger partial charge in [0.2, 0.25) is 5.91 Å². The summed E-state index contributed by atoms with van der Waals surface area (Å²) in [5.41, 5.74) is 1.05. The van der Waals surface area contributed by atoms with Crippen molar-refractivity contribution in [2.24, 2.45) is 0 Å². The second-order valence-corrected chi connectivity index (χ2v) is 7.50. The number of rotatable bonds is 7. The van der Waals surface area contributed by atoms with Crippen LogP contribution in [-0.2, 0) is 11.3 Å². The second-order valence-electron chi connectivity index (χ2n) is 4.71. The lowest BCUT2D eigenvalue weighted by Crippen LogP contribution is -2.22. The Bertz CT molecular complexity index is 380. The number of carbonyl (C=O) groups excluding carboxylic acids is 1. The van der Waals surface area contributed by atoms with Crippen molar-refractivity contribution in [3.63, 3.8) is 0 Å². The molecular formula is C14H20N2OS2. The topological polar surface area (TPSA) is 42.0 Å². The number of hydrogen-bond acceptors (Lipinski definition) is 4. The van der Waals surface area contributed by atoms with Crippen LogP contribution in [-0.4, -0.2) is 21.9 Å². The zero-order valence-electron chi connectivity index (χ0n) is 11.0. The molecule has 5 heteroatoms. The third kappa shape index (κ3) is 5.87. The van der Waals surface area contributed by atoms with E-state index in [1.807, 2.05) is 33.7 Å². The van der Waals surface area contributed by atoms with Gasteiger partial charge < -0.3 is 5.32 Å². The van der Waals surface area contributed by atoms with E-state index in [9.17, 15) is 4.79 Å². The van der Waals surface area contributed by atoms with E-state index >= 15 is 0 Å². The lowest BCUT2D eigenvalue weighted by Gasteiger charge is -2.07. The fourth-order valence-corrected chi connectivity index (χ4v) is 5.04. The van der Waals surface area contributed by atoms with E-state index in [0.717, 1.165) is 17.2 Å². The third-order valence-corrected chi connectivity index (χ3v) is 6.13. The summed E-state index contributed by atoms with van der Waals surface area (Å²) in [6.07, 6.45) is 8.93. The minimum atomic E-state index is 0.150. The molecule has 1 N–H and O–H groups in total. The molecule has 0 radical (unpaired) electrons. The number of aromatic nitrogens is 1. The number of unbranched alkanes of at least 4 members (excludes halogenated alkanes) is 1. The first kappa shape index (κ1) is 14.7. The van der Waals surface area contributed by atoms with Gasteiger partial charge in [0.15, 0.2) is 0 Å². The van der Waals surface area contributed by atoms with Gasteiger partial charge in [-0.05, 0) is 30.9 Å². The molecule has 1 fully saturated rings. The molecule has 0 aliphatic carbocycles. The first-order valence-corrected chi connectivity index (χ1v) is 9.16. The van der Waals surface area contributed by atoms with Gasteiger partial charge in [-0.3, -0.25) is 9.78 Å². The highest BCUT2D eigenvalue weighted by molar-refractivity contribution is 8.77. The maximum Gasteiger partial charge on any atom is 0.220 e. The second kappa shape index (κ2) is 8.48. The largest absolute Gasteiger partial charge is 0.352 e. The van der Waals surface area contributed by atoms with Crippen LogP contribution in [0.2, 0.25) is 0 Å². The maximum absolute atomic E-state index is 11.7. The van der Waals surface area contributed by atoms with Gasteiger partial charge >= 0.3 is 0 Å². The number of hydrogen-bond donors (Lipinski definition) is 1. The molecule has 1 saturated heterocycles. The lowest BCUT2D eigenvalue weighted by molar-refractivity contribution is -0.121. The van der Waals surface area contributed by atoms with Crippen molar-refractivity contribution in [1.82, 2.24) is 10.3 Å². The van der Waals surface area contributed by atoms with E-state index in [1.54, 1.807) is 12.4 Å². The molecular weight excluding hydrogens is 276 g/mol. The van der Waals surface area contributed by atoms with Crippen LogP contribution in [0.5, 0.6) is 0 Å². The molecule has 0 spiro atoms. The number of nitrogens with zero attached hydrogens (tertiary/aromatic N) is 1. The average molecular weight is 296 g/mol. The average Bonchev–Trinajstić information content (AvgIpc) is 2.96. The van der Waals surface area contributed by atoms with Crippen molar-refractivity contribution in [2.45, 2.75) is 43.9 Å². The molecule has 1 aromatic rings. The van der Waals surface area contributed by atoms with Crippen LogP contribution >= 0.6 is 21.6 Å². The number of amides is 1. The zero-order valence-corrected chi connectivity index (χ0v) is 12.6. The summed E-state index contributed by atoms with van der Waals surface area (Å²) < 4.78 is 0. The Balaban J connectivity index is 1.52. The molecule has 1 aliphatic rings. The van der Waals surface area contributed by atoms with Crippen LogP contribution < -0.4 is 5.32 Å². The number of carbonyl (C=O) groups is 1. The Morgan fingerprint density at radius 2 is 2.42 bits per heavy atom. The van der Waals surface area contributed by atoms with Crippen molar-refractivity contribution in [3.8, 4) is 0 Å². The first-order chi connectivity index (χ1) is 9.34. The van der Waals surface area contributed by atoms with E-state index < -0.39 is 0 Å². The van der Waals surface area contributed by atoms with E-state index in [0.29, 0.717) is 13.0 Å². The minimum Gasteiger partial charge on any atom is -0.352 e. The van der Waals surface area contributed by atoms with Crippen molar-refractivity contribution >= 4 is 27.5 Å². The molecule has 0 bridgehead atoms. The van der Waals surface area contributed by atoms with Crippen LogP contribution in [0.15, 0.2) is 24.5 Å². The molecule has 104 valence electrons. The Kier molecular flexibility index (Phi) is 6.57. The van der Waals surface area contributed by atoms with Crippen LogP contribution in [0, 0.1) is 0 Å². The first-order valence-electron chi connectivity index (χ1n) is 6.78. The van der Waals surface area contributed by atoms with Crippen molar-refractivity contribution in [1.29, 1.82) is 0 Å². The van der Waals surface area contributed by atoms with Gasteiger partial charge in [0.05, 0.1) is 0 Å². The molecule has 0 unspecified atom stereocenters. The summed E-state index contributed by atoms with van der Waals surface area (Å²) >= 11 is 0. The molecule has 2 rings (SSSR count). The molecule has 0 aromatic carbocycles. The molecule has 1 amide bonds. The summed E-state index contributed by atoms with van der Waals surface area (Å²) in [7, 11) is 4.00. The van der Waals surface area contributed by atoms with Crippen LogP contribution in [0.25, 0.3) is 0 Å². The lowest BCUT2D eigenvalue weighted by atomic mass is 10.1. The fourth-order valence-electron chi connectivity index (χ4n) is 2.01. The van der Waals surface area contributed by atoms with Gasteiger partial charge in [-0.25, -0.2) is 0 Å². The van der Waals surface area contributed by atoms with Crippen molar-refractivity contribution in [2.75, 3.05) is 5.75 Å². The van der Waals surface area contributed by atoms with Gasteiger partial charge in [-0.2, -0.15) is 0 Å². The molecule has 0 saturated carbocycles. The monoisotopic (exact) mass is 296 g/mol. The summed E-state index contributed by atoms with van der Waals surface area (Å²) in [5.74, 6) is 1.44. The van der Waals surface area contributed by atoms with Crippen LogP contribution in [0.3, 0.4) is 0 Å². The molecule has 1 aliphatic heterocycles. The van der Waals surface area contributed by atoms with E-state index in [1.165, 1.54) is 25.0 Å². The van der Waals surface area contributed by atoms with Crippen molar-refractivity contribution < 1.29 is 4.79 Å². The summed E-state index contributed by atoms with van der Waals surface area (Å²) in [6, 6.07) is 3.86. The summed E-state index contributed by atoms with van der Waals surface area (Å²) in [6.45, 7) is 0.585. The number of pyridine rings is 1. The van der Waals surface area contributed by atoms with Gasteiger partial charge in [0, 0.05) is 36.4 Å². The summed E-state index contributed by atoms with van der Waals surface area (Å²) in [4.78, 5) is 15.7. The predicted octanol–water partition coefficient (Wildman–Crippen LogP) is 3.41. The Morgan fingerprint density at radius 3 is 3.16 bits per heavy atom. The highest BCUT2D eigenvalue weighted by Gasteiger charge is 2.15. The molecule has 1 aromatic heterocycles. The quantitative estimate of drug-likeness (QED) is 0.618. The van der Waals surface area contributed by atoms with Gasteiger partial charge in [-0.15, -0.1) is 0 Å². The Morgan fingerprint density at radius 1 is 1.47 bits per heavy atom. The maximum atomic E-state index is 11.7. The highest BCUT2D eigenvalue weighted by Crippen LogP contribution is 2.39. The fraction of sp³-hybridized carbons (Fsp3) is 0.571. The molecule has 19 heavy (non-hydrogen) atoms. The smallest absolute Gasteiger partial charge is 0.220 e. The van der Waals surface area contributed by atoms with Gasteiger partial charge in [-0.1, -0.05) is 34.1 Å². The predicted molar refractivity (Wildman–Crippen MR) is 83.0 cm³/mol. The van der Waals surface area contributed by atoms with E-state index in [4.69, 9.17) is 0 Å². The van der Waals surface area contributed by atoms with Crippen LogP contribution in [0.1, 0.15) is 37.7 Å². The van der Waals surface area contributed by atoms with Crippen LogP contribution in [0.4, 0.5) is 0 Å². The standard InChI is InChI=1S/C14H20N2OS2/c17-14(16-11-12-4-3-8-15-10-12)6-2-1-5-13-7-9-18-19-13/h3-4,8,10,13H,1-2,5-7,9,11H2,(H,16,17)/t13-/m1/s1. The third-order valence-electron chi connectivity index (χ3n) is 3.12. The van der Waals surface area contributed by atoms with Crippen molar-refractivity contribution in [3.05, 3.63) is 30.1 Å². The van der Waals surface area contributed by atoms with Gasteiger partial charge in [0.25, 0.3) is 0 Å². The zero-order chi connectivity index (χ0) is 13.3. The molecule has 2 heterocycles. The molecule has 3 nitrogen and oxygen atoms in total. The Hall–Kier alpha value is -0.680. The molecule has 1 atom stereocenters. The van der Waals surface area contributed by atoms with Gasteiger partial charge in [0.1, 0.15) is 0 Å². The normalized spacial score (nSPS) is 18.4. The number of nitrogens with one attached hydrogen (secondary N) is 1. The minimum absolute atomic E-state index is 0.150. The highest BCUT2D eigenvalue weighted by atomic mass is 33.1. The van der Waals surface area contributed by atoms with E-state index in [2.05, 4.69) is 10.3 Å².